The minimum absolute atomic E-state index is 0.185. The first-order valence-electron chi connectivity index (χ1n) is 6.43. The molecule has 0 radical (unpaired) electrons. The van der Waals surface area contributed by atoms with Gasteiger partial charge in [-0.15, -0.1) is 5.10 Å². The van der Waals surface area contributed by atoms with Crippen LogP contribution in [0.3, 0.4) is 0 Å². The number of esters is 1. The van der Waals surface area contributed by atoms with Crippen LogP contribution in [-0.4, -0.2) is 27.8 Å². The van der Waals surface area contributed by atoms with Crippen molar-refractivity contribution in [1.82, 2.24) is 14.8 Å². The average Bonchev–Trinajstić information content (AvgIpc) is 3.24. The van der Waals surface area contributed by atoms with Crippen LogP contribution in [0.4, 0.5) is 5.69 Å². The topological polar surface area (TPSA) is 103 Å². The van der Waals surface area contributed by atoms with E-state index >= 15 is 0 Å². The average molecular weight is 306 g/mol. The Morgan fingerprint density at radius 3 is 2.95 bits per heavy atom. The quantitative estimate of drug-likeness (QED) is 0.654. The Bertz CT molecular complexity index is 748. The largest absolute Gasteiger partial charge is 0.465 e. The third-order valence-corrected chi connectivity index (χ3v) is 4.36. The summed E-state index contributed by atoms with van der Waals surface area (Å²) in [6.07, 6.45) is 1.92. The van der Waals surface area contributed by atoms with Gasteiger partial charge in [-0.1, -0.05) is 6.07 Å². The number of H-pyrrole nitrogens is 1. The third-order valence-electron chi connectivity index (χ3n) is 3.23. The Kier molecular flexibility index (Phi) is 3.46. The van der Waals surface area contributed by atoms with E-state index in [-0.39, 0.29) is 11.7 Å². The fourth-order valence-electron chi connectivity index (χ4n) is 2.05. The Labute approximate surface area is 124 Å². The number of ether oxygens (including phenoxy) is 1. The molecule has 1 fully saturated rings. The molecule has 3 N–H and O–H groups in total. The molecule has 0 saturated heterocycles. The second kappa shape index (κ2) is 5.28. The smallest absolute Gasteiger partial charge is 0.344 e. The molecule has 8 heteroatoms. The zero-order chi connectivity index (χ0) is 15.0. The molecule has 0 spiro atoms. The molecule has 0 aliphatic heterocycles. The predicted octanol–water partition coefficient (Wildman–Crippen LogP) is 1.43. The summed E-state index contributed by atoms with van der Waals surface area (Å²) in [5, 5.41) is 6.97. The van der Waals surface area contributed by atoms with Gasteiger partial charge in [0.15, 0.2) is 5.16 Å². The lowest BCUT2D eigenvalue weighted by Crippen LogP contribution is -2.16. The maximum atomic E-state index is 11.8. The van der Waals surface area contributed by atoms with E-state index in [9.17, 15) is 9.59 Å². The van der Waals surface area contributed by atoms with E-state index in [2.05, 4.69) is 10.2 Å². The highest BCUT2D eigenvalue weighted by molar-refractivity contribution is 7.99. The van der Waals surface area contributed by atoms with Gasteiger partial charge in [0.05, 0.1) is 17.6 Å². The van der Waals surface area contributed by atoms with Gasteiger partial charge in [0.1, 0.15) is 0 Å². The number of methoxy groups -OCH3 is 1. The molecule has 0 amide bonds. The lowest BCUT2D eigenvalue weighted by Gasteiger charge is -2.10. The fraction of sp³-hybridized carbons (Fsp3) is 0.308. The lowest BCUT2D eigenvalue weighted by atomic mass is 10.2. The van der Waals surface area contributed by atoms with Gasteiger partial charge in [0, 0.05) is 11.7 Å². The summed E-state index contributed by atoms with van der Waals surface area (Å²) >= 11 is 1.20. The molecule has 2 aromatic rings. The maximum Gasteiger partial charge on any atom is 0.344 e. The normalized spacial score (nSPS) is 14.1. The highest BCUT2D eigenvalue weighted by atomic mass is 32.2. The van der Waals surface area contributed by atoms with Crippen molar-refractivity contribution in [1.29, 1.82) is 0 Å². The summed E-state index contributed by atoms with van der Waals surface area (Å²) in [6.45, 7) is 0. The first-order chi connectivity index (χ1) is 10.1. The van der Waals surface area contributed by atoms with Crippen molar-refractivity contribution < 1.29 is 9.53 Å². The third kappa shape index (κ3) is 2.54. The summed E-state index contributed by atoms with van der Waals surface area (Å²) in [5.74, 6) is -0.472. The Morgan fingerprint density at radius 1 is 1.52 bits per heavy atom. The molecule has 0 bridgehead atoms. The number of carbonyl (C=O) groups is 1. The van der Waals surface area contributed by atoms with Gasteiger partial charge < -0.3 is 10.5 Å². The number of carbonyl (C=O) groups excluding carboxylic acids is 1. The van der Waals surface area contributed by atoms with Crippen LogP contribution in [0.5, 0.6) is 0 Å². The standard InChI is InChI=1S/C13H14N4O3S/c1-20-11(18)8-3-2-4-9(14)10(8)21-13-16-15-12(19)17(13)7-5-6-7/h2-4,7H,5-6,14H2,1H3,(H,15,19). The number of rotatable bonds is 4. The molecule has 7 nitrogen and oxygen atoms in total. The monoisotopic (exact) mass is 306 g/mol. The van der Waals surface area contributed by atoms with Crippen LogP contribution >= 0.6 is 11.8 Å². The van der Waals surface area contributed by atoms with Crippen LogP contribution in [0.2, 0.25) is 0 Å². The van der Waals surface area contributed by atoms with Crippen molar-refractivity contribution in [3.8, 4) is 0 Å². The molecule has 3 rings (SSSR count). The van der Waals surface area contributed by atoms with Crippen LogP contribution in [-0.2, 0) is 4.74 Å². The first-order valence-corrected chi connectivity index (χ1v) is 7.25. The molecule has 0 unspecified atom stereocenters. The summed E-state index contributed by atoms with van der Waals surface area (Å²) in [6, 6.07) is 5.20. The van der Waals surface area contributed by atoms with Crippen molar-refractivity contribution in [2.45, 2.75) is 28.9 Å². The second-order valence-electron chi connectivity index (χ2n) is 4.73. The summed E-state index contributed by atoms with van der Waals surface area (Å²) in [7, 11) is 1.31. The zero-order valence-corrected chi connectivity index (χ0v) is 12.1. The minimum atomic E-state index is -0.472. The fourth-order valence-corrected chi connectivity index (χ4v) is 3.10. The van der Waals surface area contributed by atoms with Crippen molar-refractivity contribution in [3.63, 3.8) is 0 Å². The molecule has 1 saturated carbocycles. The molecule has 110 valence electrons. The Hall–Kier alpha value is -2.22. The van der Waals surface area contributed by atoms with E-state index in [1.165, 1.54) is 18.9 Å². The number of nitrogens with zero attached hydrogens (tertiary/aromatic N) is 2. The van der Waals surface area contributed by atoms with Gasteiger partial charge in [0.25, 0.3) is 0 Å². The van der Waals surface area contributed by atoms with Gasteiger partial charge in [-0.3, -0.25) is 4.57 Å². The number of hydrogen-bond donors (Lipinski definition) is 2. The van der Waals surface area contributed by atoms with E-state index in [1.54, 1.807) is 22.8 Å². The SMILES string of the molecule is COC(=O)c1cccc(N)c1Sc1n[nH]c(=O)n1C1CC1. The number of aromatic nitrogens is 3. The molecule has 1 aliphatic carbocycles. The van der Waals surface area contributed by atoms with Crippen LogP contribution < -0.4 is 11.4 Å². The van der Waals surface area contributed by atoms with E-state index in [1.807, 2.05) is 0 Å². The Balaban J connectivity index is 2.02. The van der Waals surface area contributed by atoms with E-state index < -0.39 is 5.97 Å². The number of nitrogen functional groups attached to an aromatic ring is 1. The van der Waals surface area contributed by atoms with Gasteiger partial charge in [-0.25, -0.2) is 14.7 Å². The van der Waals surface area contributed by atoms with Crippen LogP contribution in [0.15, 0.2) is 33.0 Å². The Morgan fingerprint density at radius 2 is 2.29 bits per heavy atom. The van der Waals surface area contributed by atoms with Crippen LogP contribution in [0, 0.1) is 0 Å². The van der Waals surface area contributed by atoms with Crippen LogP contribution in [0.1, 0.15) is 29.2 Å². The van der Waals surface area contributed by atoms with Gasteiger partial charge >= 0.3 is 11.7 Å². The number of aromatic amines is 1. The van der Waals surface area contributed by atoms with Crippen molar-refractivity contribution in [2.24, 2.45) is 0 Å². The van der Waals surface area contributed by atoms with Crippen molar-refractivity contribution in [2.75, 3.05) is 12.8 Å². The summed E-state index contributed by atoms with van der Waals surface area (Å²) in [4.78, 5) is 24.2. The minimum Gasteiger partial charge on any atom is -0.465 e. The molecule has 1 aliphatic rings. The van der Waals surface area contributed by atoms with Crippen molar-refractivity contribution in [3.05, 3.63) is 34.2 Å². The van der Waals surface area contributed by atoms with E-state index in [0.717, 1.165) is 12.8 Å². The van der Waals surface area contributed by atoms with Gasteiger partial charge in [-0.2, -0.15) is 0 Å². The molecular weight excluding hydrogens is 292 g/mol. The number of anilines is 1. The van der Waals surface area contributed by atoms with E-state index in [0.29, 0.717) is 21.3 Å². The van der Waals surface area contributed by atoms with Crippen LogP contribution in [0.25, 0.3) is 0 Å². The summed E-state index contributed by atoms with van der Waals surface area (Å²) < 4.78 is 6.37. The van der Waals surface area contributed by atoms with E-state index in [4.69, 9.17) is 10.5 Å². The first kappa shape index (κ1) is 13.7. The molecular formula is C13H14N4O3S. The summed E-state index contributed by atoms with van der Waals surface area (Å²) in [5.41, 5.74) is 6.52. The highest BCUT2D eigenvalue weighted by Crippen LogP contribution is 2.39. The number of benzene rings is 1. The number of nitrogens with one attached hydrogen (secondary N) is 1. The molecule has 1 aromatic heterocycles. The molecule has 21 heavy (non-hydrogen) atoms. The number of hydrogen-bond acceptors (Lipinski definition) is 6. The van der Waals surface area contributed by atoms with Gasteiger partial charge in [-0.05, 0) is 36.7 Å². The highest BCUT2D eigenvalue weighted by Gasteiger charge is 2.29. The van der Waals surface area contributed by atoms with Gasteiger partial charge in [0.2, 0.25) is 0 Å². The zero-order valence-electron chi connectivity index (χ0n) is 11.3. The lowest BCUT2D eigenvalue weighted by molar-refractivity contribution is 0.0597. The molecule has 1 heterocycles. The predicted molar refractivity (Wildman–Crippen MR) is 77.4 cm³/mol. The second-order valence-corrected chi connectivity index (χ2v) is 5.71. The molecule has 1 aromatic carbocycles. The maximum absolute atomic E-state index is 11.8. The molecule has 0 atom stereocenters. The number of nitrogens with two attached hydrogens (primary N) is 1. The van der Waals surface area contributed by atoms with Crippen molar-refractivity contribution >= 4 is 23.4 Å².